The molecule has 2 aromatic rings. The Morgan fingerprint density at radius 3 is 2.63 bits per heavy atom. The van der Waals surface area contributed by atoms with Crippen LogP contribution in [-0.2, 0) is 4.79 Å². The highest BCUT2D eigenvalue weighted by atomic mass is 19.1. The average molecular weight is 268 g/mol. The van der Waals surface area contributed by atoms with Crippen molar-refractivity contribution in [2.75, 3.05) is 5.32 Å². The molecule has 0 bridgehead atoms. The second-order valence-corrected chi connectivity index (χ2v) is 3.84. The molecule has 5 nitrogen and oxygen atoms in total. The Hall–Kier alpha value is -2.44. The molecule has 1 aromatic heterocycles. The van der Waals surface area contributed by atoms with Gasteiger partial charge in [0.05, 0.1) is 5.39 Å². The molecule has 0 spiro atoms. The van der Waals surface area contributed by atoms with Crippen molar-refractivity contribution in [3.8, 4) is 0 Å². The maximum Gasteiger partial charge on any atom is 0.286 e. The summed E-state index contributed by atoms with van der Waals surface area (Å²) in [6.45, 7) is 1.59. The molecule has 2 amide bonds. The second-order valence-electron chi connectivity index (χ2n) is 3.84. The first-order chi connectivity index (χ1) is 8.93. The van der Waals surface area contributed by atoms with Gasteiger partial charge in [-0.15, -0.1) is 0 Å². The Balaban J connectivity index is 2.72. The number of hydrogen-bond donors (Lipinski definition) is 2. The molecular formula is C12H10F2N2O3. The lowest BCUT2D eigenvalue weighted by atomic mass is 10.2. The number of carbonyl (C=O) groups excluding carboxylic acids is 2. The minimum absolute atomic E-state index is 0.0481. The Morgan fingerprint density at radius 1 is 1.37 bits per heavy atom. The summed E-state index contributed by atoms with van der Waals surface area (Å²) in [6.07, 6.45) is 0.128. The van der Waals surface area contributed by atoms with Gasteiger partial charge >= 0.3 is 0 Å². The van der Waals surface area contributed by atoms with E-state index in [0.717, 1.165) is 6.07 Å². The van der Waals surface area contributed by atoms with Gasteiger partial charge in [0.15, 0.2) is 11.4 Å². The molecule has 0 aliphatic rings. The fourth-order valence-electron chi connectivity index (χ4n) is 1.65. The number of amides is 2. The number of furan rings is 1. The van der Waals surface area contributed by atoms with Crippen LogP contribution in [0.1, 0.15) is 23.9 Å². The van der Waals surface area contributed by atoms with Crippen LogP contribution in [0.2, 0.25) is 0 Å². The van der Waals surface area contributed by atoms with Crippen LogP contribution in [-0.4, -0.2) is 11.8 Å². The zero-order chi connectivity index (χ0) is 14.2. The van der Waals surface area contributed by atoms with Gasteiger partial charge in [-0.25, -0.2) is 8.78 Å². The van der Waals surface area contributed by atoms with E-state index < -0.39 is 29.2 Å². The quantitative estimate of drug-likeness (QED) is 0.894. The third-order valence-corrected chi connectivity index (χ3v) is 2.52. The van der Waals surface area contributed by atoms with Gasteiger partial charge in [0.25, 0.3) is 5.91 Å². The normalized spacial score (nSPS) is 10.7. The molecule has 100 valence electrons. The van der Waals surface area contributed by atoms with Gasteiger partial charge in [0, 0.05) is 12.5 Å². The standard InChI is InChI=1S/C12H10F2N2O3/c1-2-8(17)16-9-6-3-5(13)4-7(14)10(6)19-11(9)12(15)18/h3-4H,2H2,1H3,(H2,15,18)(H,16,17). The van der Waals surface area contributed by atoms with Crippen molar-refractivity contribution in [3.63, 3.8) is 0 Å². The number of fused-ring (bicyclic) bond motifs is 1. The monoisotopic (exact) mass is 268 g/mol. The van der Waals surface area contributed by atoms with E-state index in [1.54, 1.807) is 6.92 Å². The minimum Gasteiger partial charge on any atom is -0.446 e. The molecule has 2 rings (SSSR count). The summed E-state index contributed by atoms with van der Waals surface area (Å²) in [4.78, 5) is 22.6. The van der Waals surface area contributed by atoms with E-state index in [0.29, 0.717) is 6.07 Å². The van der Waals surface area contributed by atoms with E-state index in [2.05, 4.69) is 5.32 Å². The zero-order valence-electron chi connectivity index (χ0n) is 9.92. The van der Waals surface area contributed by atoms with Gasteiger partial charge < -0.3 is 15.5 Å². The molecule has 0 aliphatic carbocycles. The van der Waals surface area contributed by atoms with Gasteiger partial charge in [-0.2, -0.15) is 0 Å². The van der Waals surface area contributed by atoms with Crippen molar-refractivity contribution in [2.24, 2.45) is 5.73 Å². The van der Waals surface area contributed by atoms with Gasteiger partial charge in [0.2, 0.25) is 11.7 Å². The first-order valence-electron chi connectivity index (χ1n) is 5.45. The lowest BCUT2D eigenvalue weighted by Gasteiger charge is -2.02. The van der Waals surface area contributed by atoms with Crippen molar-refractivity contribution in [2.45, 2.75) is 13.3 Å². The topological polar surface area (TPSA) is 85.3 Å². The van der Waals surface area contributed by atoms with Gasteiger partial charge in [-0.3, -0.25) is 9.59 Å². The van der Waals surface area contributed by atoms with E-state index in [1.165, 1.54) is 0 Å². The molecule has 0 radical (unpaired) electrons. The maximum atomic E-state index is 13.5. The van der Waals surface area contributed by atoms with E-state index >= 15 is 0 Å². The molecule has 19 heavy (non-hydrogen) atoms. The largest absolute Gasteiger partial charge is 0.446 e. The van der Waals surface area contributed by atoms with Gasteiger partial charge in [0.1, 0.15) is 11.5 Å². The second kappa shape index (κ2) is 4.68. The number of benzene rings is 1. The fraction of sp³-hybridized carbons (Fsp3) is 0.167. The SMILES string of the molecule is CCC(=O)Nc1c(C(N)=O)oc2c(F)cc(F)cc12. The van der Waals surface area contributed by atoms with Crippen molar-refractivity contribution >= 4 is 28.5 Å². The number of halogens is 2. The van der Waals surface area contributed by atoms with Crippen molar-refractivity contribution in [1.82, 2.24) is 0 Å². The summed E-state index contributed by atoms with van der Waals surface area (Å²) >= 11 is 0. The van der Waals surface area contributed by atoms with Crippen LogP contribution in [0.25, 0.3) is 11.0 Å². The van der Waals surface area contributed by atoms with Crippen LogP contribution < -0.4 is 11.1 Å². The van der Waals surface area contributed by atoms with Crippen LogP contribution in [0.3, 0.4) is 0 Å². The summed E-state index contributed by atoms with van der Waals surface area (Å²) in [5, 5.41) is 2.30. The van der Waals surface area contributed by atoms with Crippen LogP contribution in [0.4, 0.5) is 14.5 Å². The number of primary amides is 1. The first kappa shape index (κ1) is 13.0. The summed E-state index contributed by atoms with van der Waals surface area (Å²) in [5.41, 5.74) is 4.63. The predicted octanol–water partition coefficient (Wildman–Crippen LogP) is 2.16. The molecular weight excluding hydrogens is 258 g/mol. The van der Waals surface area contributed by atoms with Crippen LogP contribution in [0.15, 0.2) is 16.5 Å². The third-order valence-electron chi connectivity index (χ3n) is 2.52. The number of nitrogens with two attached hydrogens (primary N) is 1. The summed E-state index contributed by atoms with van der Waals surface area (Å²) < 4.78 is 31.7. The lowest BCUT2D eigenvalue weighted by molar-refractivity contribution is -0.115. The molecule has 0 saturated heterocycles. The average Bonchev–Trinajstić information content (AvgIpc) is 2.68. The van der Waals surface area contributed by atoms with E-state index in [4.69, 9.17) is 10.2 Å². The van der Waals surface area contributed by atoms with E-state index in [-0.39, 0.29) is 23.1 Å². The number of hydrogen-bond acceptors (Lipinski definition) is 3. The maximum absolute atomic E-state index is 13.5. The summed E-state index contributed by atoms with van der Waals surface area (Å²) in [7, 11) is 0. The zero-order valence-corrected chi connectivity index (χ0v) is 9.92. The number of anilines is 1. The summed E-state index contributed by atoms with van der Waals surface area (Å²) in [6, 6.07) is 1.57. The van der Waals surface area contributed by atoms with Crippen LogP contribution >= 0.6 is 0 Å². The Labute approximate surface area is 106 Å². The number of nitrogens with one attached hydrogen (secondary N) is 1. The van der Waals surface area contributed by atoms with E-state index in [9.17, 15) is 18.4 Å². The summed E-state index contributed by atoms with van der Waals surface area (Å²) in [5.74, 6) is -3.66. The molecule has 1 heterocycles. The van der Waals surface area contributed by atoms with Crippen molar-refractivity contribution in [3.05, 3.63) is 29.5 Å². The molecule has 0 atom stereocenters. The van der Waals surface area contributed by atoms with Gasteiger partial charge in [-0.1, -0.05) is 6.92 Å². The highest BCUT2D eigenvalue weighted by Crippen LogP contribution is 2.33. The number of carbonyl (C=O) groups is 2. The Bertz CT molecular complexity index is 679. The Morgan fingerprint density at radius 2 is 2.05 bits per heavy atom. The molecule has 0 unspecified atom stereocenters. The first-order valence-corrected chi connectivity index (χ1v) is 5.45. The molecule has 7 heteroatoms. The molecule has 1 aromatic carbocycles. The molecule has 0 saturated carbocycles. The lowest BCUT2D eigenvalue weighted by Crippen LogP contribution is -2.16. The van der Waals surface area contributed by atoms with E-state index in [1.807, 2.05) is 0 Å². The fourth-order valence-corrected chi connectivity index (χ4v) is 1.65. The number of rotatable bonds is 3. The van der Waals surface area contributed by atoms with Gasteiger partial charge in [-0.05, 0) is 6.07 Å². The van der Waals surface area contributed by atoms with Crippen LogP contribution in [0.5, 0.6) is 0 Å². The predicted molar refractivity (Wildman–Crippen MR) is 63.6 cm³/mol. The molecule has 0 aliphatic heterocycles. The molecule has 0 fully saturated rings. The van der Waals surface area contributed by atoms with Crippen molar-refractivity contribution < 1.29 is 22.8 Å². The molecule has 3 N–H and O–H groups in total. The third kappa shape index (κ3) is 2.26. The Kier molecular flexibility index (Phi) is 3.20. The highest BCUT2D eigenvalue weighted by Gasteiger charge is 2.22. The smallest absolute Gasteiger partial charge is 0.286 e. The van der Waals surface area contributed by atoms with Crippen molar-refractivity contribution in [1.29, 1.82) is 0 Å². The minimum atomic E-state index is -0.984. The van der Waals surface area contributed by atoms with Crippen LogP contribution in [0, 0.1) is 11.6 Å². The highest BCUT2D eigenvalue weighted by molar-refractivity contribution is 6.10.